The lowest BCUT2D eigenvalue weighted by molar-refractivity contribution is -0.144. The normalized spacial score (nSPS) is 32.9. The first-order valence-electron chi connectivity index (χ1n) is 7.68. The van der Waals surface area contributed by atoms with E-state index in [-0.39, 0.29) is 6.03 Å². The van der Waals surface area contributed by atoms with Crippen LogP contribution >= 0.6 is 0 Å². The average Bonchev–Trinajstić information content (AvgIpc) is 3.12. The highest BCUT2D eigenvalue weighted by Crippen LogP contribution is 2.38. The van der Waals surface area contributed by atoms with Crippen molar-refractivity contribution in [3.8, 4) is 0 Å². The van der Waals surface area contributed by atoms with Crippen LogP contribution in [0.3, 0.4) is 0 Å². The number of likely N-dealkylation sites (tertiary alicyclic amines) is 1. The third-order valence-electron chi connectivity index (χ3n) is 4.93. The van der Waals surface area contributed by atoms with Crippen LogP contribution in [0.4, 0.5) is 4.79 Å². The van der Waals surface area contributed by atoms with Crippen molar-refractivity contribution in [3.63, 3.8) is 0 Å². The quantitative estimate of drug-likeness (QED) is 0.860. The molecule has 1 saturated heterocycles. The van der Waals surface area contributed by atoms with E-state index in [0.717, 1.165) is 19.4 Å². The Hall–Kier alpha value is -1.26. The third-order valence-corrected chi connectivity index (χ3v) is 4.93. The Bertz CT molecular complexity index is 385. The molecule has 2 rings (SSSR count). The Morgan fingerprint density at radius 2 is 2.00 bits per heavy atom. The van der Waals surface area contributed by atoms with Gasteiger partial charge in [-0.3, -0.25) is 0 Å². The Balaban J connectivity index is 1.97. The summed E-state index contributed by atoms with van der Waals surface area (Å²) in [6.07, 6.45) is 3.67. The van der Waals surface area contributed by atoms with Crippen molar-refractivity contribution in [3.05, 3.63) is 0 Å². The molecule has 1 aliphatic carbocycles. The molecule has 0 aromatic carbocycles. The van der Waals surface area contributed by atoms with E-state index in [1.165, 1.54) is 6.42 Å². The molecule has 0 spiro atoms. The Morgan fingerprint density at radius 1 is 1.35 bits per heavy atom. The molecule has 4 unspecified atom stereocenters. The van der Waals surface area contributed by atoms with Crippen LogP contribution in [0.1, 0.15) is 39.5 Å². The van der Waals surface area contributed by atoms with Gasteiger partial charge in [0, 0.05) is 20.1 Å². The van der Waals surface area contributed by atoms with Gasteiger partial charge in [-0.15, -0.1) is 0 Å². The standard InChI is InChI=1S/C15H26N2O3/c1-4-11-5-6-17(13(8-11)14(18)19)15(20)16(3)9-12-7-10(12)2/h10-13H,4-9H2,1-3H3,(H,18,19). The maximum atomic E-state index is 12.5. The van der Waals surface area contributed by atoms with Gasteiger partial charge in [0.15, 0.2) is 0 Å². The molecule has 5 heteroatoms. The second kappa shape index (κ2) is 6.02. The fourth-order valence-corrected chi connectivity index (χ4v) is 3.17. The summed E-state index contributed by atoms with van der Waals surface area (Å²) in [4.78, 5) is 27.2. The molecule has 0 radical (unpaired) electrons. The van der Waals surface area contributed by atoms with Crippen LogP contribution in [0.15, 0.2) is 0 Å². The molecule has 2 fully saturated rings. The number of rotatable bonds is 4. The molecule has 2 aliphatic rings. The van der Waals surface area contributed by atoms with Crippen molar-refractivity contribution in [2.24, 2.45) is 17.8 Å². The number of carboxylic acids is 1. The van der Waals surface area contributed by atoms with Crippen LogP contribution in [-0.4, -0.2) is 53.1 Å². The summed E-state index contributed by atoms with van der Waals surface area (Å²) < 4.78 is 0. The zero-order valence-corrected chi connectivity index (χ0v) is 12.7. The van der Waals surface area contributed by atoms with Gasteiger partial charge >= 0.3 is 12.0 Å². The molecular weight excluding hydrogens is 256 g/mol. The smallest absolute Gasteiger partial charge is 0.326 e. The number of carbonyl (C=O) groups excluding carboxylic acids is 1. The van der Waals surface area contributed by atoms with E-state index in [2.05, 4.69) is 13.8 Å². The Morgan fingerprint density at radius 3 is 2.50 bits per heavy atom. The SMILES string of the molecule is CCC1CCN(C(=O)N(C)CC2CC2C)C(C(=O)O)C1. The number of urea groups is 1. The first-order chi connectivity index (χ1) is 9.43. The number of hydrogen-bond donors (Lipinski definition) is 1. The molecule has 0 bridgehead atoms. The minimum atomic E-state index is -0.871. The minimum absolute atomic E-state index is 0.119. The fourth-order valence-electron chi connectivity index (χ4n) is 3.17. The largest absolute Gasteiger partial charge is 0.480 e. The van der Waals surface area contributed by atoms with Gasteiger partial charge in [-0.1, -0.05) is 20.3 Å². The minimum Gasteiger partial charge on any atom is -0.480 e. The number of nitrogens with zero attached hydrogens (tertiary/aromatic N) is 2. The maximum absolute atomic E-state index is 12.5. The predicted molar refractivity (Wildman–Crippen MR) is 76.4 cm³/mol. The fraction of sp³-hybridized carbons (Fsp3) is 0.867. The maximum Gasteiger partial charge on any atom is 0.326 e. The first kappa shape index (κ1) is 15.1. The zero-order valence-electron chi connectivity index (χ0n) is 12.7. The molecular formula is C15H26N2O3. The van der Waals surface area contributed by atoms with Gasteiger partial charge in [0.1, 0.15) is 6.04 Å². The highest BCUT2D eigenvalue weighted by atomic mass is 16.4. The van der Waals surface area contributed by atoms with Gasteiger partial charge < -0.3 is 14.9 Å². The molecule has 0 aromatic rings. The monoisotopic (exact) mass is 282 g/mol. The molecule has 1 N–H and O–H groups in total. The van der Waals surface area contributed by atoms with Crippen molar-refractivity contribution < 1.29 is 14.7 Å². The number of aliphatic carboxylic acids is 1. The number of carbonyl (C=O) groups is 2. The Labute approximate surface area is 120 Å². The lowest BCUT2D eigenvalue weighted by atomic mass is 9.89. The molecule has 114 valence electrons. The molecule has 5 nitrogen and oxygen atoms in total. The van der Waals surface area contributed by atoms with Crippen LogP contribution in [0.2, 0.25) is 0 Å². The molecule has 20 heavy (non-hydrogen) atoms. The lowest BCUT2D eigenvalue weighted by Gasteiger charge is -2.39. The van der Waals surface area contributed by atoms with E-state index in [9.17, 15) is 14.7 Å². The molecule has 1 saturated carbocycles. The van der Waals surface area contributed by atoms with Crippen molar-refractivity contribution in [2.45, 2.75) is 45.6 Å². The zero-order chi connectivity index (χ0) is 14.9. The summed E-state index contributed by atoms with van der Waals surface area (Å²) in [5.74, 6) is 0.852. The lowest BCUT2D eigenvalue weighted by Crippen LogP contribution is -2.54. The number of piperidine rings is 1. The van der Waals surface area contributed by atoms with Crippen LogP contribution in [0.5, 0.6) is 0 Å². The molecule has 1 heterocycles. The van der Waals surface area contributed by atoms with Crippen LogP contribution in [0.25, 0.3) is 0 Å². The number of carboxylic acid groups (broad SMARTS) is 1. The molecule has 0 aromatic heterocycles. The topological polar surface area (TPSA) is 60.9 Å². The van der Waals surface area contributed by atoms with Crippen molar-refractivity contribution in [2.75, 3.05) is 20.1 Å². The van der Waals surface area contributed by atoms with Gasteiger partial charge in [0.05, 0.1) is 0 Å². The van der Waals surface area contributed by atoms with E-state index in [0.29, 0.717) is 30.7 Å². The molecule has 1 aliphatic heterocycles. The van der Waals surface area contributed by atoms with Gasteiger partial charge in [-0.05, 0) is 37.0 Å². The van der Waals surface area contributed by atoms with Crippen molar-refractivity contribution >= 4 is 12.0 Å². The van der Waals surface area contributed by atoms with Crippen LogP contribution < -0.4 is 0 Å². The number of amides is 2. The molecule has 4 atom stereocenters. The molecule has 2 amide bonds. The third kappa shape index (κ3) is 3.25. The highest BCUT2D eigenvalue weighted by molar-refractivity contribution is 5.82. The number of hydrogen-bond acceptors (Lipinski definition) is 2. The van der Waals surface area contributed by atoms with Gasteiger partial charge in [-0.25, -0.2) is 9.59 Å². The van der Waals surface area contributed by atoms with Crippen molar-refractivity contribution in [1.29, 1.82) is 0 Å². The van der Waals surface area contributed by atoms with Crippen LogP contribution in [0, 0.1) is 17.8 Å². The van der Waals surface area contributed by atoms with E-state index in [1.807, 2.05) is 0 Å². The summed E-state index contributed by atoms with van der Waals surface area (Å²) >= 11 is 0. The Kier molecular flexibility index (Phi) is 4.55. The van der Waals surface area contributed by atoms with E-state index in [1.54, 1.807) is 16.8 Å². The predicted octanol–water partition coefficient (Wildman–Crippen LogP) is 2.27. The van der Waals surface area contributed by atoms with Gasteiger partial charge in [0.2, 0.25) is 0 Å². The van der Waals surface area contributed by atoms with Gasteiger partial charge in [-0.2, -0.15) is 0 Å². The average molecular weight is 282 g/mol. The summed E-state index contributed by atoms with van der Waals surface area (Å²) in [5.41, 5.74) is 0. The van der Waals surface area contributed by atoms with Crippen LogP contribution in [-0.2, 0) is 4.79 Å². The summed E-state index contributed by atoms with van der Waals surface area (Å²) in [6, 6.07) is -0.772. The first-order valence-corrected chi connectivity index (χ1v) is 7.68. The van der Waals surface area contributed by atoms with Crippen molar-refractivity contribution in [1.82, 2.24) is 9.80 Å². The van der Waals surface area contributed by atoms with E-state index in [4.69, 9.17) is 0 Å². The summed E-state index contributed by atoms with van der Waals surface area (Å²) in [7, 11) is 1.79. The van der Waals surface area contributed by atoms with E-state index >= 15 is 0 Å². The highest BCUT2D eigenvalue weighted by Gasteiger charge is 2.39. The summed E-state index contributed by atoms with van der Waals surface area (Å²) in [5, 5.41) is 9.38. The summed E-state index contributed by atoms with van der Waals surface area (Å²) in [6.45, 7) is 5.59. The second-order valence-electron chi connectivity index (χ2n) is 6.48. The second-order valence-corrected chi connectivity index (χ2v) is 6.48. The van der Waals surface area contributed by atoms with E-state index < -0.39 is 12.0 Å². The van der Waals surface area contributed by atoms with Gasteiger partial charge in [0.25, 0.3) is 0 Å².